The van der Waals surface area contributed by atoms with Crippen molar-refractivity contribution in [3.8, 4) is 11.5 Å². The summed E-state index contributed by atoms with van der Waals surface area (Å²) in [6, 6.07) is 12.7. The summed E-state index contributed by atoms with van der Waals surface area (Å²) in [6.45, 7) is 6.16. The molecule has 2 aromatic carbocycles. The van der Waals surface area contributed by atoms with E-state index in [0.717, 1.165) is 37.6 Å². The maximum atomic E-state index is 6.16. The molecule has 0 spiro atoms. The van der Waals surface area contributed by atoms with Gasteiger partial charge in [0.25, 0.3) is 0 Å². The van der Waals surface area contributed by atoms with Crippen molar-refractivity contribution in [3.63, 3.8) is 0 Å². The minimum absolute atomic E-state index is 0.803. The summed E-state index contributed by atoms with van der Waals surface area (Å²) >= 11 is 0. The van der Waals surface area contributed by atoms with Crippen molar-refractivity contribution in [2.45, 2.75) is 117 Å². The van der Waals surface area contributed by atoms with Crippen LogP contribution in [-0.4, -0.2) is 13.2 Å². The summed E-state index contributed by atoms with van der Waals surface area (Å²) < 4.78 is 12.3. The number of hydrogen-bond acceptors (Lipinski definition) is 2. The number of rotatable bonds is 20. The average molecular weight is 441 g/mol. The van der Waals surface area contributed by atoms with Crippen molar-refractivity contribution in [1.82, 2.24) is 0 Å². The molecule has 0 N–H and O–H groups in total. The molecule has 0 bridgehead atoms. The van der Waals surface area contributed by atoms with E-state index in [9.17, 15) is 0 Å². The van der Waals surface area contributed by atoms with E-state index in [0.29, 0.717) is 0 Å². The standard InChI is InChI=1S/C30H48O2/c1-3-5-7-9-11-13-15-17-25-31-29-23-19-22-28-27(29)21-20-24-30(28)32-26-18-16-14-12-10-8-6-4-2/h19-24H,3-18,25-26H2,1-2H3. The summed E-state index contributed by atoms with van der Waals surface area (Å²) in [5.41, 5.74) is 0. The quantitative estimate of drug-likeness (QED) is 0.191. The van der Waals surface area contributed by atoms with E-state index in [1.807, 2.05) is 0 Å². The van der Waals surface area contributed by atoms with Gasteiger partial charge in [-0.1, -0.05) is 128 Å². The Labute approximate surface area is 198 Å². The fourth-order valence-electron chi connectivity index (χ4n) is 4.34. The van der Waals surface area contributed by atoms with Crippen LogP contribution in [0.1, 0.15) is 117 Å². The van der Waals surface area contributed by atoms with Crippen LogP contribution in [0, 0.1) is 0 Å². The minimum atomic E-state index is 0.803. The molecule has 0 saturated heterocycles. The van der Waals surface area contributed by atoms with Gasteiger partial charge in [-0.2, -0.15) is 0 Å². The Hall–Kier alpha value is -1.70. The van der Waals surface area contributed by atoms with Crippen LogP contribution in [0.2, 0.25) is 0 Å². The molecule has 0 fully saturated rings. The molecule has 0 aliphatic heterocycles. The zero-order valence-electron chi connectivity index (χ0n) is 21.0. The topological polar surface area (TPSA) is 18.5 Å². The zero-order valence-corrected chi connectivity index (χ0v) is 21.0. The minimum Gasteiger partial charge on any atom is -0.493 e. The van der Waals surface area contributed by atoms with Gasteiger partial charge in [0.05, 0.1) is 13.2 Å². The summed E-state index contributed by atoms with van der Waals surface area (Å²) in [5.74, 6) is 1.98. The predicted molar refractivity (Wildman–Crippen MR) is 140 cm³/mol. The molecule has 32 heavy (non-hydrogen) atoms. The smallest absolute Gasteiger partial charge is 0.127 e. The molecule has 0 radical (unpaired) electrons. The van der Waals surface area contributed by atoms with Crippen molar-refractivity contribution < 1.29 is 9.47 Å². The van der Waals surface area contributed by atoms with Crippen LogP contribution in [0.3, 0.4) is 0 Å². The first-order valence-corrected chi connectivity index (χ1v) is 13.6. The highest BCUT2D eigenvalue weighted by Gasteiger charge is 2.07. The molecule has 2 nitrogen and oxygen atoms in total. The molecule has 2 aromatic rings. The Morgan fingerprint density at radius 1 is 0.438 bits per heavy atom. The molecule has 0 amide bonds. The molecular formula is C30H48O2. The van der Waals surface area contributed by atoms with Crippen molar-refractivity contribution in [2.24, 2.45) is 0 Å². The van der Waals surface area contributed by atoms with Crippen LogP contribution >= 0.6 is 0 Å². The highest BCUT2D eigenvalue weighted by Crippen LogP contribution is 2.32. The van der Waals surface area contributed by atoms with Crippen LogP contribution in [0.15, 0.2) is 36.4 Å². The van der Waals surface area contributed by atoms with E-state index in [1.165, 1.54) is 101 Å². The second-order valence-corrected chi connectivity index (χ2v) is 9.25. The van der Waals surface area contributed by atoms with Gasteiger partial charge in [-0.25, -0.2) is 0 Å². The molecule has 2 rings (SSSR count). The van der Waals surface area contributed by atoms with Gasteiger partial charge in [0.2, 0.25) is 0 Å². The van der Waals surface area contributed by atoms with Crippen molar-refractivity contribution in [3.05, 3.63) is 36.4 Å². The van der Waals surface area contributed by atoms with Gasteiger partial charge in [0, 0.05) is 10.8 Å². The maximum absolute atomic E-state index is 6.16. The van der Waals surface area contributed by atoms with Crippen LogP contribution in [0.25, 0.3) is 10.8 Å². The summed E-state index contributed by atoms with van der Waals surface area (Å²) in [6.07, 6.45) is 21.2. The van der Waals surface area contributed by atoms with E-state index in [2.05, 4.69) is 50.2 Å². The molecule has 0 heterocycles. The molecule has 0 unspecified atom stereocenters. The molecule has 0 aromatic heterocycles. The van der Waals surface area contributed by atoms with E-state index in [1.54, 1.807) is 0 Å². The Balaban J connectivity index is 1.69. The lowest BCUT2D eigenvalue weighted by Crippen LogP contribution is -2.00. The summed E-state index contributed by atoms with van der Waals surface area (Å²) in [7, 11) is 0. The van der Waals surface area contributed by atoms with Crippen LogP contribution in [-0.2, 0) is 0 Å². The third kappa shape index (κ3) is 10.7. The van der Waals surface area contributed by atoms with Crippen molar-refractivity contribution in [1.29, 1.82) is 0 Å². The van der Waals surface area contributed by atoms with Crippen LogP contribution in [0.5, 0.6) is 11.5 Å². The van der Waals surface area contributed by atoms with Crippen LogP contribution in [0.4, 0.5) is 0 Å². The first-order chi connectivity index (χ1) is 15.9. The number of fused-ring (bicyclic) bond motifs is 1. The van der Waals surface area contributed by atoms with Gasteiger partial charge in [-0.3, -0.25) is 0 Å². The number of hydrogen-bond donors (Lipinski definition) is 0. The fourth-order valence-corrected chi connectivity index (χ4v) is 4.34. The first kappa shape index (κ1) is 26.6. The van der Waals surface area contributed by atoms with Gasteiger partial charge in [-0.15, -0.1) is 0 Å². The fraction of sp³-hybridized carbons (Fsp3) is 0.667. The monoisotopic (exact) mass is 440 g/mol. The Morgan fingerprint density at radius 2 is 0.781 bits per heavy atom. The van der Waals surface area contributed by atoms with E-state index in [4.69, 9.17) is 9.47 Å². The lowest BCUT2D eigenvalue weighted by molar-refractivity contribution is 0.304. The predicted octanol–water partition coefficient (Wildman–Crippen LogP) is 9.88. The number of benzene rings is 2. The van der Waals surface area contributed by atoms with E-state index < -0.39 is 0 Å². The Kier molecular flexibility index (Phi) is 14.8. The third-order valence-corrected chi connectivity index (χ3v) is 6.35. The largest absolute Gasteiger partial charge is 0.493 e. The molecule has 0 aliphatic rings. The zero-order chi connectivity index (χ0) is 22.7. The average Bonchev–Trinajstić information content (AvgIpc) is 2.82. The highest BCUT2D eigenvalue weighted by molar-refractivity contribution is 5.93. The first-order valence-electron chi connectivity index (χ1n) is 13.6. The molecule has 0 aliphatic carbocycles. The lowest BCUT2D eigenvalue weighted by atomic mass is 10.1. The van der Waals surface area contributed by atoms with Crippen molar-refractivity contribution >= 4 is 10.8 Å². The van der Waals surface area contributed by atoms with Gasteiger partial charge >= 0.3 is 0 Å². The Bertz CT molecular complexity index is 648. The van der Waals surface area contributed by atoms with E-state index >= 15 is 0 Å². The van der Waals surface area contributed by atoms with Crippen LogP contribution < -0.4 is 9.47 Å². The van der Waals surface area contributed by atoms with E-state index in [-0.39, 0.29) is 0 Å². The second kappa shape index (κ2) is 17.8. The van der Waals surface area contributed by atoms with Crippen molar-refractivity contribution in [2.75, 3.05) is 13.2 Å². The maximum Gasteiger partial charge on any atom is 0.127 e. The molecule has 180 valence electrons. The lowest BCUT2D eigenvalue weighted by Gasteiger charge is -2.13. The molecule has 2 heteroatoms. The van der Waals surface area contributed by atoms with Gasteiger partial charge < -0.3 is 9.47 Å². The second-order valence-electron chi connectivity index (χ2n) is 9.25. The Morgan fingerprint density at radius 3 is 1.16 bits per heavy atom. The van der Waals surface area contributed by atoms with Gasteiger partial charge in [0.15, 0.2) is 0 Å². The van der Waals surface area contributed by atoms with Gasteiger partial charge in [0.1, 0.15) is 11.5 Å². The molecule has 0 saturated carbocycles. The molecular weight excluding hydrogens is 392 g/mol. The SMILES string of the molecule is CCCCCCCCCCOc1cccc2c(OCCCCCCCCCC)cccc12. The number of ether oxygens (including phenoxy) is 2. The summed E-state index contributed by atoms with van der Waals surface area (Å²) in [4.78, 5) is 0. The third-order valence-electron chi connectivity index (χ3n) is 6.35. The summed E-state index contributed by atoms with van der Waals surface area (Å²) in [5, 5.41) is 2.33. The molecule has 0 atom stereocenters. The van der Waals surface area contributed by atoms with Gasteiger partial charge in [-0.05, 0) is 25.0 Å². The number of unbranched alkanes of at least 4 members (excludes halogenated alkanes) is 14. The normalized spacial score (nSPS) is 11.2. The highest BCUT2D eigenvalue weighted by atomic mass is 16.5.